The Morgan fingerprint density at radius 2 is 2.08 bits per heavy atom. The minimum atomic E-state index is 0.0463. The molecule has 0 spiro atoms. The molecule has 0 radical (unpaired) electrons. The van der Waals surface area contributed by atoms with Crippen molar-refractivity contribution >= 4 is 5.96 Å². The predicted octanol–water partition coefficient (Wildman–Crippen LogP) is 1.90. The van der Waals surface area contributed by atoms with Crippen molar-refractivity contribution in [2.24, 2.45) is 10.9 Å². The summed E-state index contributed by atoms with van der Waals surface area (Å²) in [6.45, 7) is 7.46. The highest BCUT2D eigenvalue weighted by molar-refractivity contribution is 5.80. The van der Waals surface area contributed by atoms with E-state index in [0.717, 1.165) is 56.5 Å². The number of aryl methyl sites for hydroxylation is 2. The molecule has 0 unspecified atom stereocenters. The highest BCUT2D eigenvalue weighted by Gasteiger charge is 2.19. The van der Waals surface area contributed by atoms with Crippen molar-refractivity contribution in [2.75, 3.05) is 13.1 Å². The van der Waals surface area contributed by atoms with Crippen LogP contribution in [0.1, 0.15) is 64.6 Å². The number of hydrogen-bond donors (Lipinski definition) is 2. The van der Waals surface area contributed by atoms with Gasteiger partial charge in [0.15, 0.2) is 5.96 Å². The summed E-state index contributed by atoms with van der Waals surface area (Å²) in [4.78, 5) is 17.0. The number of fused-ring (bicyclic) bond motifs is 1. The van der Waals surface area contributed by atoms with Crippen LogP contribution in [0.4, 0.5) is 0 Å². The van der Waals surface area contributed by atoms with Crippen molar-refractivity contribution in [3.05, 3.63) is 16.3 Å². The Bertz CT molecular complexity index is 653. The van der Waals surface area contributed by atoms with E-state index in [4.69, 9.17) is 4.99 Å². The summed E-state index contributed by atoms with van der Waals surface area (Å²) in [5.74, 6) is 2.71. The molecule has 0 atom stereocenters. The first-order valence-electron chi connectivity index (χ1n) is 10.4. The molecule has 0 amide bonds. The summed E-state index contributed by atoms with van der Waals surface area (Å²) in [6, 6.07) is 0.534. The molecule has 2 N–H and O–H groups in total. The average Bonchev–Trinajstić information content (AvgIpc) is 2.97. The van der Waals surface area contributed by atoms with E-state index < -0.39 is 0 Å². The number of rotatable bonds is 6. The SMILES string of the molecule is CCNC(=NCCCn1nc2n(c1=O)CCCC2)NC1CCC(C)CC1. The number of aromatic nitrogens is 3. The van der Waals surface area contributed by atoms with Gasteiger partial charge in [0.05, 0.1) is 0 Å². The first kappa shape index (κ1) is 19.0. The van der Waals surface area contributed by atoms with E-state index in [9.17, 15) is 4.79 Å². The second-order valence-electron chi connectivity index (χ2n) is 7.75. The van der Waals surface area contributed by atoms with E-state index in [1.165, 1.54) is 25.7 Å². The van der Waals surface area contributed by atoms with E-state index in [2.05, 4.69) is 29.6 Å². The van der Waals surface area contributed by atoms with Crippen molar-refractivity contribution in [3.63, 3.8) is 0 Å². The van der Waals surface area contributed by atoms with Crippen LogP contribution in [0, 0.1) is 5.92 Å². The Kier molecular flexibility index (Phi) is 6.74. The minimum Gasteiger partial charge on any atom is -0.357 e. The fourth-order valence-corrected chi connectivity index (χ4v) is 3.92. The second kappa shape index (κ2) is 9.24. The van der Waals surface area contributed by atoms with Crippen LogP contribution >= 0.6 is 0 Å². The van der Waals surface area contributed by atoms with Crippen LogP contribution in [0.2, 0.25) is 0 Å². The lowest BCUT2D eigenvalue weighted by Crippen LogP contribution is -2.44. The maximum absolute atomic E-state index is 12.3. The molecule has 2 aliphatic rings. The Balaban J connectivity index is 1.49. The molecule has 0 bridgehead atoms. The van der Waals surface area contributed by atoms with Gasteiger partial charge < -0.3 is 10.6 Å². The molecule has 2 heterocycles. The van der Waals surface area contributed by atoms with Crippen LogP contribution in [0.3, 0.4) is 0 Å². The zero-order valence-corrected chi connectivity index (χ0v) is 16.3. The molecule has 1 aromatic rings. The van der Waals surface area contributed by atoms with Crippen LogP contribution in [0.15, 0.2) is 9.79 Å². The number of hydrogen-bond acceptors (Lipinski definition) is 3. The predicted molar refractivity (Wildman–Crippen MR) is 105 cm³/mol. The van der Waals surface area contributed by atoms with Crippen LogP contribution in [-0.4, -0.2) is 39.4 Å². The van der Waals surface area contributed by atoms with Crippen molar-refractivity contribution in [1.82, 2.24) is 25.0 Å². The quantitative estimate of drug-likeness (QED) is 0.460. The molecular weight excluding hydrogens is 328 g/mol. The summed E-state index contributed by atoms with van der Waals surface area (Å²) in [7, 11) is 0. The molecule has 1 aliphatic carbocycles. The molecule has 7 nitrogen and oxygen atoms in total. The van der Waals surface area contributed by atoms with E-state index in [0.29, 0.717) is 19.1 Å². The van der Waals surface area contributed by atoms with Gasteiger partial charge in [-0.25, -0.2) is 9.48 Å². The average molecular weight is 363 g/mol. The minimum absolute atomic E-state index is 0.0463. The van der Waals surface area contributed by atoms with E-state index in [1.54, 1.807) is 4.68 Å². The van der Waals surface area contributed by atoms with Gasteiger partial charge in [0.25, 0.3) is 0 Å². The molecule has 1 aromatic heterocycles. The van der Waals surface area contributed by atoms with Gasteiger partial charge >= 0.3 is 5.69 Å². The fraction of sp³-hybridized carbons (Fsp3) is 0.842. The fourth-order valence-electron chi connectivity index (χ4n) is 3.92. The van der Waals surface area contributed by atoms with Crippen LogP contribution in [-0.2, 0) is 19.5 Å². The smallest absolute Gasteiger partial charge is 0.345 e. The van der Waals surface area contributed by atoms with Gasteiger partial charge in [-0.05, 0) is 57.8 Å². The highest BCUT2D eigenvalue weighted by Crippen LogP contribution is 2.23. The molecule has 3 rings (SSSR count). The Labute approximate surface area is 156 Å². The standard InChI is InChI=1S/C19H34N6O/c1-3-20-18(22-16-10-8-15(2)9-11-16)21-12-6-14-25-19(26)24-13-5-4-7-17(24)23-25/h15-16H,3-14H2,1-2H3,(H2,20,21,22). The molecule has 1 fully saturated rings. The third-order valence-corrected chi connectivity index (χ3v) is 5.53. The highest BCUT2D eigenvalue weighted by atomic mass is 16.2. The summed E-state index contributed by atoms with van der Waals surface area (Å²) in [5, 5.41) is 11.4. The topological polar surface area (TPSA) is 76.2 Å². The van der Waals surface area contributed by atoms with Gasteiger partial charge in [0, 0.05) is 38.6 Å². The first-order chi connectivity index (χ1) is 12.7. The second-order valence-corrected chi connectivity index (χ2v) is 7.75. The maximum Gasteiger partial charge on any atom is 0.345 e. The van der Waals surface area contributed by atoms with Crippen LogP contribution < -0.4 is 16.3 Å². The number of nitrogens with one attached hydrogen (secondary N) is 2. The van der Waals surface area contributed by atoms with E-state index in [-0.39, 0.29) is 5.69 Å². The molecule has 0 aromatic carbocycles. The monoisotopic (exact) mass is 362 g/mol. The van der Waals surface area contributed by atoms with Crippen molar-refractivity contribution < 1.29 is 0 Å². The molecule has 0 saturated heterocycles. The molecule has 7 heteroatoms. The van der Waals surface area contributed by atoms with Crippen LogP contribution in [0.25, 0.3) is 0 Å². The van der Waals surface area contributed by atoms with Gasteiger partial charge in [-0.2, -0.15) is 5.10 Å². The van der Waals surface area contributed by atoms with Crippen molar-refractivity contribution in [1.29, 1.82) is 0 Å². The summed E-state index contributed by atoms with van der Waals surface area (Å²) < 4.78 is 3.46. The maximum atomic E-state index is 12.3. The molecular formula is C19H34N6O. The lowest BCUT2D eigenvalue weighted by atomic mass is 9.87. The summed E-state index contributed by atoms with van der Waals surface area (Å²) in [6.07, 6.45) is 9.01. The first-order valence-corrected chi connectivity index (χ1v) is 10.4. The number of guanidine groups is 1. The number of nitrogens with zero attached hydrogens (tertiary/aromatic N) is 4. The molecule has 1 saturated carbocycles. The third-order valence-electron chi connectivity index (χ3n) is 5.53. The summed E-state index contributed by atoms with van der Waals surface area (Å²) >= 11 is 0. The lowest BCUT2D eigenvalue weighted by molar-refractivity contribution is 0.329. The summed E-state index contributed by atoms with van der Waals surface area (Å²) in [5.41, 5.74) is 0.0463. The van der Waals surface area contributed by atoms with E-state index >= 15 is 0 Å². The van der Waals surface area contributed by atoms with E-state index in [1.807, 2.05) is 4.57 Å². The normalized spacial score (nSPS) is 23.5. The van der Waals surface area contributed by atoms with Crippen molar-refractivity contribution in [2.45, 2.75) is 84.3 Å². The zero-order valence-electron chi connectivity index (χ0n) is 16.3. The van der Waals surface area contributed by atoms with Gasteiger partial charge in [0.2, 0.25) is 0 Å². The molecule has 26 heavy (non-hydrogen) atoms. The molecule has 1 aliphatic heterocycles. The zero-order chi connectivity index (χ0) is 18.4. The number of aliphatic imine (C=N–C) groups is 1. The van der Waals surface area contributed by atoms with Crippen LogP contribution in [0.5, 0.6) is 0 Å². The van der Waals surface area contributed by atoms with Crippen molar-refractivity contribution in [3.8, 4) is 0 Å². The van der Waals surface area contributed by atoms with Gasteiger partial charge in [-0.3, -0.25) is 9.56 Å². The Morgan fingerprint density at radius 3 is 2.81 bits per heavy atom. The third kappa shape index (κ3) is 4.89. The Hall–Kier alpha value is -1.79. The lowest BCUT2D eigenvalue weighted by Gasteiger charge is -2.28. The van der Waals surface area contributed by atoms with Gasteiger partial charge in [-0.1, -0.05) is 6.92 Å². The largest absolute Gasteiger partial charge is 0.357 e. The molecule has 146 valence electrons. The van der Waals surface area contributed by atoms with Gasteiger partial charge in [-0.15, -0.1) is 0 Å². The van der Waals surface area contributed by atoms with Gasteiger partial charge in [0.1, 0.15) is 5.82 Å². The Morgan fingerprint density at radius 1 is 1.27 bits per heavy atom.